The van der Waals surface area contributed by atoms with E-state index in [9.17, 15) is 9.50 Å². The smallest absolute Gasteiger partial charge is 0.128 e. The van der Waals surface area contributed by atoms with Crippen LogP contribution in [0.2, 0.25) is 0 Å². The standard InChI is InChI=1S/C25H27FN2O2S/c1-16-11-21-22(27-16)3-2-4-23(21)30-15-20(29)14-28-9-7-17(8-10-28)24-12-18-5-6-19(26)13-25(18)31-24/h2-6,11-13,17,20,27,29H,7-10,14-15H2,1H3/t20-/m0/s1. The highest BCUT2D eigenvalue weighted by atomic mass is 32.1. The number of fused-ring (bicyclic) bond motifs is 2. The van der Waals surface area contributed by atoms with Crippen molar-refractivity contribution in [3.63, 3.8) is 0 Å². The molecule has 2 aromatic carbocycles. The number of nitrogens with one attached hydrogen (secondary N) is 1. The topological polar surface area (TPSA) is 48.5 Å². The van der Waals surface area contributed by atoms with Crippen LogP contribution in [-0.4, -0.2) is 47.3 Å². The van der Waals surface area contributed by atoms with Crippen molar-refractivity contribution in [1.29, 1.82) is 0 Å². The van der Waals surface area contributed by atoms with Gasteiger partial charge in [0.05, 0.1) is 0 Å². The number of aliphatic hydroxyl groups is 1. The number of ether oxygens (including phenoxy) is 1. The number of aromatic amines is 1. The van der Waals surface area contributed by atoms with E-state index < -0.39 is 6.10 Å². The van der Waals surface area contributed by atoms with Crippen molar-refractivity contribution in [2.24, 2.45) is 0 Å². The SMILES string of the molecule is Cc1cc2c(OC[C@@H](O)CN3CCC(c4cc5ccc(F)cc5s4)CC3)cccc2[nH]1. The highest BCUT2D eigenvalue weighted by Crippen LogP contribution is 2.36. The van der Waals surface area contributed by atoms with E-state index in [1.807, 2.05) is 31.2 Å². The first-order chi connectivity index (χ1) is 15.0. The number of rotatable bonds is 6. The fraction of sp³-hybridized carbons (Fsp3) is 0.360. The largest absolute Gasteiger partial charge is 0.490 e. The van der Waals surface area contributed by atoms with Crippen molar-refractivity contribution >= 4 is 32.3 Å². The van der Waals surface area contributed by atoms with E-state index in [0.29, 0.717) is 12.5 Å². The molecule has 6 heteroatoms. The van der Waals surface area contributed by atoms with Gasteiger partial charge in [0.2, 0.25) is 0 Å². The summed E-state index contributed by atoms with van der Waals surface area (Å²) in [5.41, 5.74) is 2.15. The second kappa shape index (κ2) is 8.61. The molecule has 1 fully saturated rings. The Morgan fingerprint density at radius 1 is 1.19 bits per heavy atom. The Hall–Kier alpha value is -2.41. The van der Waals surface area contributed by atoms with E-state index in [4.69, 9.17) is 4.74 Å². The summed E-state index contributed by atoms with van der Waals surface area (Å²) in [5.74, 6) is 1.15. The molecule has 4 aromatic rings. The zero-order valence-corrected chi connectivity index (χ0v) is 18.4. The number of aromatic nitrogens is 1. The number of hydrogen-bond acceptors (Lipinski definition) is 4. The molecule has 0 unspecified atom stereocenters. The third-order valence-electron chi connectivity index (χ3n) is 6.15. The van der Waals surface area contributed by atoms with Crippen molar-refractivity contribution in [2.75, 3.05) is 26.2 Å². The normalized spacial score (nSPS) is 16.9. The van der Waals surface area contributed by atoms with Gasteiger partial charge < -0.3 is 19.7 Å². The molecule has 162 valence electrons. The summed E-state index contributed by atoms with van der Waals surface area (Å²) >= 11 is 1.71. The molecular weight excluding hydrogens is 411 g/mol. The van der Waals surface area contributed by atoms with Crippen LogP contribution in [0.1, 0.15) is 29.3 Å². The maximum Gasteiger partial charge on any atom is 0.128 e. The van der Waals surface area contributed by atoms with Gasteiger partial charge in [-0.25, -0.2) is 4.39 Å². The number of hydrogen-bond donors (Lipinski definition) is 2. The molecular formula is C25H27FN2O2S. The maximum absolute atomic E-state index is 13.5. The zero-order chi connectivity index (χ0) is 21.4. The first-order valence-corrected chi connectivity index (χ1v) is 11.7. The number of likely N-dealkylation sites (tertiary alicyclic amines) is 1. The van der Waals surface area contributed by atoms with Crippen molar-refractivity contribution in [2.45, 2.75) is 31.8 Å². The minimum absolute atomic E-state index is 0.171. The summed E-state index contributed by atoms with van der Waals surface area (Å²) in [5, 5.41) is 12.7. The average molecular weight is 439 g/mol. The molecule has 1 aliphatic heterocycles. The van der Waals surface area contributed by atoms with Crippen molar-refractivity contribution in [3.8, 4) is 5.75 Å². The highest BCUT2D eigenvalue weighted by molar-refractivity contribution is 7.19. The molecule has 0 spiro atoms. The third kappa shape index (κ3) is 4.47. The van der Waals surface area contributed by atoms with E-state index in [0.717, 1.165) is 58.4 Å². The molecule has 5 rings (SSSR count). The van der Waals surface area contributed by atoms with Gasteiger partial charge in [-0.15, -0.1) is 11.3 Å². The highest BCUT2D eigenvalue weighted by Gasteiger charge is 2.24. The quantitative estimate of drug-likeness (QED) is 0.421. The van der Waals surface area contributed by atoms with Crippen LogP contribution in [0.3, 0.4) is 0 Å². The molecule has 0 radical (unpaired) electrons. The molecule has 0 bridgehead atoms. The molecule has 4 nitrogen and oxygen atoms in total. The fourth-order valence-electron chi connectivity index (χ4n) is 4.56. The van der Waals surface area contributed by atoms with Crippen LogP contribution in [0.25, 0.3) is 21.0 Å². The number of halogens is 1. The lowest BCUT2D eigenvalue weighted by Gasteiger charge is -2.32. The number of aryl methyl sites for hydroxylation is 1. The van der Waals surface area contributed by atoms with E-state index in [2.05, 4.69) is 22.0 Å². The molecule has 1 aliphatic rings. The van der Waals surface area contributed by atoms with Gasteiger partial charge in [-0.2, -0.15) is 0 Å². The Balaban J connectivity index is 1.14. The van der Waals surface area contributed by atoms with E-state index in [1.165, 1.54) is 10.9 Å². The monoisotopic (exact) mass is 438 g/mol. The number of nitrogens with zero attached hydrogens (tertiary/aromatic N) is 1. The summed E-state index contributed by atoms with van der Waals surface area (Å²) in [6, 6.07) is 15.3. The van der Waals surface area contributed by atoms with E-state index in [-0.39, 0.29) is 12.4 Å². The van der Waals surface area contributed by atoms with Gasteiger partial charge in [-0.1, -0.05) is 12.1 Å². The van der Waals surface area contributed by atoms with Crippen LogP contribution in [0.4, 0.5) is 4.39 Å². The average Bonchev–Trinajstić information content (AvgIpc) is 3.35. The predicted octanol–water partition coefficient (Wildman–Crippen LogP) is 5.45. The third-order valence-corrected chi connectivity index (χ3v) is 7.41. The number of thiophene rings is 1. The van der Waals surface area contributed by atoms with Gasteiger partial charge in [0, 0.05) is 32.7 Å². The van der Waals surface area contributed by atoms with Gasteiger partial charge in [0.25, 0.3) is 0 Å². The van der Waals surface area contributed by atoms with Crippen LogP contribution >= 0.6 is 11.3 Å². The Labute approximate surface area is 185 Å². The van der Waals surface area contributed by atoms with Crippen LogP contribution in [0.5, 0.6) is 5.75 Å². The minimum Gasteiger partial charge on any atom is -0.490 e. The molecule has 0 saturated carbocycles. The van der Waals surface area contributed by atoms with Crippen molar-refractivity contribution < 1.29 is 14.2 Å². The van der Waals surface area contributed by atoms with Crippen LogP contribution < -0.4 is 4.74 Å². The van der Waals surface area contributed by atoms with E-state index in [1.54, 1.807) is 17.4 Å². The molecule has 0 aliphatic carbocycles. The molecule has 2 N–H and O–H groups in total. The molecule has 3 heterocycles. The van der Waals surface area contributed by atoms with E-state index >= 15 is 0 Å². The minimum atomic E-state index is -0.529. The second-order valence-corrected chi connectivity index (χ2v) is 9.66. The van der Waals surface area contributed by atoms with Gasteiger partial charge in [0.1, 0.15) is 24.3 Å². The molecule has 1 saturated heterocycles. The lowest BCUT2D eigenvalue weighted by Crippen LogP contribution is -2.40. The van der Waals surface area contributed by atoms with Crippen molar-refractivity contribution in [3.05, 3.63) is 64.9 Å². The van der Waals surface area contributed by atoms with Crippen LogP contribution in [0.15, 0.2) is 48.5 Å². The summed E-state index contributed by atoms with van der Waals surface area (Å²) in [4.78, 5) is 6.98. The summed E-state index contributed by atoms with van der Waals surface area (Å²) in [6.07, 6.45) is 1.59. The maximum atomic E-state index is 13.5. The molecule has 0 amide bonds. The zero-order valence-electron chi connectivity index (χ0n) is 17.6. The summed E-state index contributed by atoms with van der Waals surface area (Å²) < 4.78 is 20.4. The first kappa shape index (κ1) is 20.5. The molecule has 1 atom stereocenters. The summed E-state index contributed by atoms with van der Waals surface area (Å²) in [6.45, 7) is 4.84. The number of H-pyrrole nitrogens is 1. The Morgan fingerprint density at radius 2 is 2.03 bits per heavy atom. The number of benzene rings is 2. The van der Waals surface area contributed by atoms with Gasteiger partial charge in [0.15, 0.2) is 0 Å². The van der Waals surface area contributed by atoms with Gasteiger partial charge in [-0.3, -0.25) is 0 Å². The number of aliphatic hydroxyl groups excluding tert-OH is 1. The number of β-amino-alcohol motifs (C(OH)–C–C–N with tert-alkyl or cyclic N) is 1. The number of piperidine rings is 1. The van der Waals surface area contributed by atoms with Crippen molar-refractivity contribution in [1.82, 2.24) is 9.88 Å². The lowest BCUT2D eigenvalue weighted by molar-refractivity contribution is 0.0600. The van der Waals surface area contributed by atoms with Gasteiger partial charge >= 0.3 is 0 Å². The first-order valence-electron chi connectivity index (χ1n) is 10.9. The fourth-order valence-corrected chi connectivity index (χ4v) is 5.81. The predicted molar refractivity (Wildman–Crippen MR) is 125 cm³/mol. The second-order valence-electron chi connectivity index (χ2n) is 8.54. The Kier molecular flexibility index (Phi) is 5.69. The van der Waals surface area contributed by atoms with Crippen LogP contribution in [0, 0.1) is 12.7 Å². The Morgan fingerprint density at radius 3 is 2.87 bits per heavy atom. The lowest BCUT2D eigenvalue weighted by atomic mass is 9.95. The molecule has 31 heavy (non-hydrogen) atoms. The van der Waals surface area contributed by atoms with Gasteiger partial charge in [-0.05, 0) is 80.6 Å². The summed E-state index contributed by atoms with van der Waals surface area (Å²) in [7, 11) is 0. The Bertz CT molecular complexity index is 1190. The molecule has 2 aromatic heterocycles. The van der Waals surface area contributed by atoms with Crippen LogP contribution in [-0.2, 0) is 0 Å².